The van der Waals surface area contributed by atoms with E-state index >= 15 is 0 Å². The third-order valence-corrected chi connectivity index (χ3v) is 3.44. The van der Waals surface area contributed by atoms with Crippen molar-refractivity contribution < 1.29 is 4.79 Å². The summed E-state index contributed by atoms with van der Waals surface area (Å²) in [6.07, 6.45) is 6.82. The minimum atomic E-state index is -0.579. The van der Waals surface area contributed by atoms with Gasteiger partial charge in [0.2, 0.25) is 5.91 Å². The Labute approximate surface area is 102 Å². The van der Waals surface area contributed by atoms with Crippen LogP contribution in [0.3, 0.4) is 0 Å². The minimum absolute atomic E-state index is 0.0187. The second-order valence-corrected chi connectivity index (χ2v) is 4.80. The van der Waals surface area contributed by atoms with Crippen molar-refractivity contribution in [1.82, 2.24) is 14.7 Å². The molecule has 2 rings (SSSR count). The number of carbonyl (C=O) groups is 1. The largest absolute Gasteiger partial charge is 0.338 e. The number of hydrogen-bond donors (Lipinski definition) is 1. The average molecular weight is 236 g/mol. The number of hydrogen-bond acceptors (Lipinski definition) is 3. The van der Waals surface area contributed by atoms with Crippen LogP contribution in [0.2, 0.25) is 0 Å². The van der Waals surface area contributed by atoms with Gasteiger partial charge in [-0.3, -0.25) is 9.48 Å². The van der Waals surface area contributed by atoms with Crippen molar-refractivity contribution >= 4 is 5.91 Å². The maximum Gasteiger partial charge on any atom is 0.244 e. The molecule has 0 saturated carbocycles. The van der Waals surface area contributed by atoms with Gasteiger partial charge in [0.1, 0.15) is 6.04 Å². The summed E-state index contributed by atoms with van der Waals surface area (Å²) < 4.78 is 1.67. The Morgan fingerprint density at radius 2 is 2.35 bits per heavy atom. The predicted molar refractivity (Wildman–Crippen MR) is 65.2 cm³/mol. The molecule has 1 aromatic rings. The fourth-order valence-corrected chi connectivity index (χ4v) is 2.35. The topological polar surface area (TPSA) is 64.2 Å². The molecule has 1 saturated heterocycles. The van der Waals surface area contributed by atoms with Crippen molar-refractivity contribution in [3.63, 3.8) is 0 Å². The second kappa shape index (κ2) is 4.87. The number of piperidine rings is 1. The second-order valence-electron chi connectivity index (χ2n) is 4.80. The highest BCUT2D eigenvalue weighted by atomic mass is 16.2. The number of carbonyl (C=O) groups excluding carboxylic acids is 1. The lowest BCUT2D eigenvalue weighted by atomic mass is 10.0. The van der Waals surface area contributed by atoms with Gasteiger partial charge in [-0.15, -0.1) is 0 Å². The molecule has 2 unspecified atom stereocenters. The first-order chi connectivity index (χ1) is 8.09. The Morgan fingerprint density at radius 1 is 1.59 bits per heavy atom. The van der Waals surface area contributed by atoms with E-state index in [0.717, 1.165) is 24.9 Å². The molecule has 17 heavy (non-hydrogen) atoms. The minimum Gasteiger partial charge on any atom is -0.338 e. The Hall–Kier alpha value is -1.36. The Kier molecular flexibility index (Phi) is 3.47. The molecule has 0 spiro atoms. The third-order valence-electron chi connectivity index (χ3n) is 3.44. The van der Waals surface area contributed by atoms with Crippen LogP contribution < -0.4 is 5.73 Å². The summed E-state index contributed by atoms with van der Waals surface area (Å²) in [5.74, 6) is 0.0187. The Morgan fingerprint density at radius 3 is 2.94 bits per heavy atom. The maximum absolute atomic E-state index is 12.3. The quantitative estimate of drug-likeness (QED) is 0.827. The molecule has 0 aliphatic carbocycles. The van der Waals surface area contributed by atoms with E-state index in [4.69, 9.17) is 5.73 Å². The third kappa shape index (κ3) is 2.49. The molecule has 2 heterocycles. The van der Waals surface area contributed by atoms with E-state index in [0.29, 0.717) is 6.04 Å². The number of aryl methyl sites for hydroxylation is 1. The zero-order valence-corrected chi connectivity index (χ0v) is 10.5. The Bertz CT molecular complexity index is 401. The SMILES string of the molecule is CC1CCCCN1C(=O)C(N)c1cnn(C)c1. The van der Waals surface area contributed by atoms with Crippen molar-refractivity contribution in [2.45, 2.75) is 38.3 Å². The molecule has 0 aromatic carbocycles. The van der Waals surface area contributed by atoms with E-state index in [-0.39, 0.29) is 5.91 Å². The summed E-state index contributed by atoms with van der Waals surface area (Å²) in [6.45, 7) is 2.92. The van der Waals surface area contributed by atoms with E-state index in [9.17, 15) is 4.79 Å². The summed E-state index contributed by atoms with van der Waals surface area (Å²) in [5.41, 5.74) is 6.79. The van der Waals surface area contributed by atoms with Crippen LogP contribution in [-0.4, -0.2) is 33.2 Å². The van der Waals surface area contributed by atoms with E-state index in [1.807, 2.05) is 11.9 Å². The summed E-state index contributed by atoms with van der Waals surface area (Å²) in [4.78, 5) is 14.2. The van der Waals surface area contributed by atoms with Crippen LogP contribution in [0.15, 0.2) is 12.4 Å². The highest BCUT2D eigenvalue weighted by Crippen LogP contribution is 2.21. The van der Waals surface area contributed by atoms with Crippen molar-refractivity contribution in [2.75, 3.05) is 6.54 Å². The molecule has 1 aromatic heterocycles. The van der Waals surface area contributed by atoms with Gasteiger partial charge in [0, 0.05) is 31.4 Å². The van der Waals surface area contributed by atoms with Gasteiger partial charge in [0.05, 0.1) is 6.20 Å². The molecule has 0 radical (unpaired) electrons. The van der Waals surface area contributed by atoms with Gasteiger partial charge in [0.25, 0.3) is 0 Å². The fraction of sp³-hybridized carbons (Fsp3) is 0.667. The molecule has 5 nitrogen and oxygen atoms in total. The van der Waals surface area contributed by atoms with Crippen molar-refractivity contribution in [3.05, 3.63) is 18.0 Å². The monoisotopic (exact) mass is 236 g/mol. The molecule has 0 bridgehead atoms. The first kappa shape index (κ1) is 12.1. The lowest BCUT2D eigenvalue weighted by Crippen LogP contribution is -2.46. The number of nitrogens with two attached hydrogens (primary N) is 1. The molecule has 2 N–H and O–H groups in total. The zero-order chi connectivity index (χ0) is 12.4. The number of likely N-dealkylation sites (tertiary alicyclic amines) is 1. The van der Waals surface area contributed by atoms with Crippen LogP contribution >= 0.6 is 0 Å². The smallest absolute Gasteiger partial charge is 0.244 e. The molecule has 1 fully saturated rings. The van der Waals surface area contributed by atoms with Gasteiger partial charge in [-0.2, -0.15) is 5.10 Å². The zero-order valence-electron chi connectivity index (χ0n) is 10.5. The summed E-state index contributed by atoms with van der Waals surface area (Å²) in [6, 6.07) is -0.275. The number of rotatable bonds is 2. The van der Waals surface area contributed by atoms with E-state index < -0.39 is 6.04 Å². The molecule has 5 heteroatoms. The van der Waals surface area contributed by atoms with Crippen LogP contribution in [0.5, 0.6) is 0 Å². The average Bonchev–Trinajstić information content (AvgIpc) is 2.75. The number of nitrogens with zero attached hydrogens (tertiary/aromatic N) is 3. The molecule has 1 aliphatic rings. The van der Waals surface area contributed by atoms with Crippen LogP contribution in [-0.2, 0) is 11.8 Å². The molecule has 94 valence electrons. The Balaban J connectivity index is 2.08. The number of aromatic nitrogens is 2. The highest BCUT2D eigenvalue weighted by molar-refractivity contribution is 5.83. The lowest BCUT2D eigenvalue weighted by molar-refractivity contribution is -0.136. The van der Waals surface area contributed by atoms with Crippen LogP contribution in [0.25, 0.3) is 0 Å². The highest BCUT2D eigenvalue weighted by Gasteiger charge is 2.28. The van der Waals surface area contributed by atoms with Crippen LogP contribution in [0.1, 0.15) is 37.8 Å². The molecular weight excluding hydrogens is 216 g/mol. The maximum atomic E-state index is 12.3. The van der Waals surface area contributed by atoms with E-state index in [2.05, 4.69) is 12.0 Å². The molecule has 1 aliphatic heterocycles. The van der Waals surface area contributed by atoms with Gasteiger partial charge >= 0.3 is 0 Å². The van der Waals surface area contributed by atoms with E-state index in [1.165, 1.54) is 6.42 Å². The van der Waals surface area contributed by atoms with Crippen LogP contribution in [0.4, 0.5) is 0 Å². The standard InChI is InChI=1S/C12H20N4O/c1-9-5-3-4-6-16(9)12(17)11(13)10-7-14-15(2)8-10/h7-9,11H,3-6,13H2,1-2H3. The first-order valence-electron chi connectivity index (χ1n) is 6.14. The molecule has 1 amide bonds. The van der Waals surface area contributed by atoms with Gasteiger partial charge in [-0.05, 0) is 26.2 Å². The fourth-order valence-electron chi connectivity index (χ4n) is 2.35. The summed E-state index contributed by atoms with van der Waals surface area (Å²) >= 11 is 0. The lowest BCUT2D eigenvalue weighted by Gasteiger charge is -2.35. The van der Waals surface area contributed by atoms with E-state index in [1.54, 1.807) is 17.1 Å². The van der Waals surface area contributed by atoms with Gasteiger partial charge in [-0.25, -0.2) is 0 Å². The number of amides is 1. The van der Waals surface area contributed by atoms with Crippen molar-refractivity contribution in [3.8, 4) is 0 Å². The first-order valence-corrected chi connectivity index (χ1v) is 6.14. The van der Waals surface area contributed by atoms with Gasteiger partial charge in [0.15, 0.2) is 0 Å². The van der Waals surface area contributed by atoms with Gasteiger partial charge < -0.3 is 10.6 Å². The summed E-state index contributed by atoms with van der Waals surface area (Å²) in [7, 11) is 1.82. The predicted octanol–water partition coefficient (Wildman–Crippen LogP) is 0.821. The van der Waals surface area contributed by atoms with Crippen molar-refractivity contribution in [2.24, 2.45) is 12.8 Å². The van der Waals surface area contributed by atoms with Gasteiger partial charge in [-0.1, -0.05) is 0 Å². The molecular formula is C12H20N4O. The summed E-state index contributed by atoms with van der Waals surface area (Å²) in [5, 5.41) is 4.05. The van der Waals surface area contributed by atoms with Crippen molar-refractivity contribution in [1.29, 1.82) is 0 Å². The van der Waals surface area contributed by atoms with Crippen LogP contribution in [0, 0.1) is 0 Å². The molecule has 2 atom stereocenters. The normalized spacial score (nSPS) is 22.5.